The number of hydrogen-bond acceptors (Lipinski definition) is 3. The highest BCUT2D eigenvalue weighted by atomic mass is 79.9. The Hall–Kier alpha value is -2.97. The van der Waals surface area contributed by atoms with E-state index in [-0.39, 0.29) is 18.2 Å². The van der Waals surface area contributed by atoms with Crippen molar-refractivity contribution in [1.82, 2.24) is 0 Å². The maximum absolute atomic E-state index is 13.4. The van der Waals surface area contributed by atoms with E-state index in [1.807, 2.05) is 12.1 Å². The standard InChI is InChI=1S/C23H17Br2N3O3/c24-15-7-5-14(6-8-15)23(31)28-19-4-2-1-3-18(19)27-22(30)20(28)13-21(29)26-17-11-9-16(25)10-12-17/h1-12,20H,13H2,(H,26,29)(H,27,30)/t20-/m0/s1. The second-order valence-electron chi connectivity index (χ2n) is 6.96. The van der Waals surface area contributed by atoms with Crippen LogP contribution in [0.2, 0.25) is 0 Å². The molecule has 0 spiro atoms. The van der Waals surface area contributed by atoms with E-state index in [2.05, 4.69) is 42.5 Å². The molecule has 6 nitrogen and oxygen atoms in total. The molecule has 0 radical (unpaired) electrons. The molecule has 0 bridgehead atoms. The van der Waals surface area contributed by atoms with Gasteiger partial charge in [-0.15, -0.1) is 0 Å². The van der Waals surface area contributed by atoms with Crippen molar-refractivity contribution in [1.29, 1.82) is 0 Å². The smallest absolute Gasteiger partial charge is 0.259 e. The van der Waals surface area contributed by atoms with Crippen molar-refractivity contribution in [3.8, 4) is 0 Å². The summed E-state index contributed by atoms with van der Waals surface area (Å²) in [4.78, 5) is 40.4. The number of nitrogens with zero attached hydrogens (tertiary/aromatic N) is 1. The second-order valence-corrected chi connectivity index (χ2v) is 8.79. The summed E-state index contributed by atoms with van der Waals surface area (Å²) in [6.45, 7) is 0. The molecule has 2 N–H and O–H groups in total. The first kappa shape index (κ1) is 21.3. The Morgan fingerprint density at radius 3 is 2.19 bits per heavy atom. The van der Waals surface area contributed by atoms with E-state index in [9.17, 15) is 14.4 Å². The molecule has 3 aromatic rings. The maximum atomic E-state index is 13.4. The first-order chi connectivity index (χ1) is 14.9. The van der Waals surface area contributed by atoms with Gasteiger partial charge in [-0.1, -0.05) is 44.0 Å². The van der Waals surface area contributed by atoms with Crippen LogP contribution in [-0.2, 0) is 9.59 Å². The number of benzene rings is 3. The van der Waals surface area contributed by atoms with Gasteiger partial charge in [0.1, 0.15) is 6.04 Å². The molecular formula is C23H17Br2N3O3. The van der Waals surface area contributed by atoms with E-state index >= 15 is 0 Å². The molecule has 156 valence electrons. The summed E-state index contributed by atoms with van der Waals surface area (Å²) in [5, 5.41) is 5.59. The van der Waals surface area contributed by atoms with Crippen LogP contribution in [0.1, 0.15) is 16.8 Å². The van der Waals surface area contributed by atoms with Crippen LogP contribution in [0.3, 0.4) is 0 Å². The predicted molar refractivity (Wildman–Crippen MR) is 127 cm³/mol. The Morgan fingerprint density at radius 1 is 0.903 bits per heavy atom. The minimum atomic E-state index is -0.985. The molecule has 0 fully saturated rings. The minimum absolute atomic E-state index is 0.182. The molecule has 4 rings (SSSR count). The average molecular weight is 543 g/mol. The highest BCUT2D eigenvalue weighted by molar-refractivity contribution is 9.10. The second kappa shape index (κ2) is 9.03. The zero-order valence-electron chi connectivity index (χ0n) is 16.1. The number of hydrogen-bond donors (Lipinski definition) is 2. The third-order valence-corrected chi connectivity index (χ3v) is 5.91. The van der Waals surface area contributed by atoms with E-state index in [0.717, 1.165) is 8.95 Å². The number of amides is 3. The average Bonchev–Trinajstić information content (AvgIpc) is 2.76. The van der Waals surface area contributed by atoms with Crippen molar-refractivity contribution < 1.29 is 14.4 Å². The van der Waals surface area contributed by atoms with Crippen LogP contribution in [0.5, 0.6) is 0 Å². The van der Waals surface area contributed by atoms with Gasteiger partial charge in [0.2, 0.25) is 11.8 Å². The first-order valence-corrected chi connectivity index (χ1v) is 11.1. The third kappa shape index (κ3) is 4.70. The number of halogens is 2. The lowest BCUT2D eigenvalue weighted by Gasteiger charge is -2.36. The number of anilines is 3. The fourth-order valence-corrected chi connectivity index (χ4v) is 3.91. The largest absolute Gasteiger partial charge is 0.326 e. The molecule has 1 aliphatic heterocycles. The van der Waals surface area contributed by atoms with E-state index < -0.39 is 11.9 Å². The number of nitrogens with one attached hydrogen (secondary N) is 2. The van der Waals surface area contributed by atoms with Crippen LogP contribution in [0, 0.1) is 0 Å². The van der Waals surface area contributed by atoms with Crippen molar-refractivity contribution in [2.45, 2.75) is 12.5 Å². The van der Waals surface area contributed by atoms with Gasteiger partial charge in [-0.05, 0) is 60.7 Å². The normalized spacial score (nSPS) is 15.1. The van der Waals surface area contributed by atoms with Crippen LogP contribution in [0.15, 0.2) is 81.7 Å². The molecule has 3 aromatic carbocycles. The van der Waals surface area contributed by atoms with Crippen molar-refractivity contribution in [2.75, 3.05) is 15.5 Å². The number of carbonyl (C=O) groups is 3. The number of carbonyl (C=O) groups excluding carboxylic acids is 3. The summed E-state index contributed by atoms with van der Waals surface area (Å²) in [6, 6.07) is 20.1. The topological polar surface area (TPSA) is 78.5 Å². The van der Waals surface area contributed by atoms with Crippen LogP contribution in [0.25, 0.3) is 0 Å². The van der Waals surface area contributed by atoms with Crippen molar-refractivity contribution in [2.24, 2.45) is 0 Å². The minimum Gasteiger partial charge on any atom is -0.326 e. The van der Waals surface area contributed by atoms with Gasteiger partial charge in [0, 0.05) is 20.2 Å². The maximum Gasteiger partial charge on any atom is 0.259 e. The monoisotopic (exact) mass is 541 g/mol. The number of rotatable bonds is 4. The molecule has 31 heavy (non-hydrogen) atoms. The lowest BCUT2D eigenvalue weighted by Crippen LogP contribution is -2.52. The van der Waals surface area contributed by atoms with Crippen molar-refractivity contribution in [3.05, 3.63) is 87.3 Å². The summed E-state index contributed by atoms with van der Waals surface area (Å²) in [5.41, 5.74) is 2.11. The lowest BCUT2D eigenvalue weighted by molar-refractivity contribution is -0.122. The molecule has 3 amide bonds. The summed E-state index contributed by atoms with van der Waals surface area (Å²) in [5.74, 6) is -1.12. The molecule has 8 heteroatoms. The summed E-state index contributed by atoms with van der Waals surface area (Å²) in [7, 11) is 0. The highest BCUT2D eigenvalue weighted by Crippen LogP contribution is 2.34. The predicted octanol–water partition coefficient (Wildman–Crippen LogP) is 5.21. The summed E-state index contributed by atoms with van der Waals surface area (Å²) >= 11 is 6.71. The number of para-hydroxylation sites is 2. The van der Waals surface area contributed by atoms with Gasteiger partial charge >= 0.3 is 0 Å². The van der Waals surface area contributed by atoms with E-state index in [1.54, 1.807) is 60.7 Å². The van der Waals surface area contributed by atoms with Crippen LogP contribution in [-0.4, -0.2) is 23.8 Å². The molecular weight excluding hydrogens is 526 g/mol. The van der Waals surface area contributed by atoms with Crippen LogP contribution < -0.4 is 15.5 Å². The molecule has 0 saturated carbocycles. The SMILES string of the molecule is O=C(C[C@H]1C(=O)Nc2ccccc2N1C(=O)c1ccc(Br)cc1)Nc1ccc(Br)cc1. The van der Waals surface area contributed by atoms with Gasteiger partial charge in [0.05, 0.1) is 17.8 Å². The molecule has 1 aliphatic rings. The molecule has 1 atom stereocenters. The van der Waals surface area contributed by atoms with Crippen molar-refractivity contribution in [3.63, 3.8) is 0 Å². The van der Waals surface area contributed by atoms with E-state index in [0.29, 0.717) is 22.6 Å². The zero-order valence-corrected chi connectivity index (χ0v) is 19.3. The van der Waals surface area contributed by atoms with Gasteiger partial charge in [-0.3, -0.25) is 19.3 Å². The van der Waals surface area contributed by atoms with Crippen molar-refractivity contribution >= 4 is 66.6 Å². The Kier molecular flexibility index (Phi) is 6.20. The molecule has 0 aliphatic carbocycles. The lowest BCUT2D eigenvalue weighted by atomic mass is 10.0. The van der Waals surface area contributed by atoms with E-state index in [4.69, 9.17) is 0 Å². The Morgan fingerprint density at radius 2 is 1.52 bits per heavy atom. The summed E-state index contributed by atoms with van der Waals surface area (Å²) < 4.78 is 1.73. The fourth-order valence-electron chi connectivity index (χ4n) is 3.38. The fraction of sp³-hybridized carbons (Fsp3) is 0.0870. The molecule has 0 unspecified atom stereocenters. The molecule has 0 saturated heterocycles. The highest BCUT2D eigenvalue weighted by Gasteiger charge is 2.38. The zero-order chi connectivity index (χ0) is 22.0. The van der Waals surface area contributed by atoms with Gasteiger partial charge in [0.25, 0.3) is 5.91 Å². The molecule has 0 aromatic heterocycles. The Labute approximate surface area is 195 Å². The Bertz CT molecular complexity index is 1150. The van der Waals surface area contributed by atoms with Crippen LogP contribution >= 0.6 is 31.9 Å². The quantitative estimate of drug-likeness (QED) is 0.475. The van der Waals surface area contributed by atoms with Gasteiger partial charge in [-0.2, -0.15) is 0 Å². The van der Waals surface area contributed by atoms with Gasteiger partial charge in [-0.25, -0.2) is 0 Å². The van der Waals surface area contributed by atoms with Gasteiger partial charge < -0.3 is 10.6 Å². The first-order valence-electron chi connectivity index (χ1n) is 9.47. The number of fused-ring (bicyclic) bond motifs is 1. The van der Waals surface area contributed by atoms with E-state index in [1.165, 1.54) is 4.90 Å². The summed E-state index contributed by atoms with van der Waals surface area (Å²) in [6.07, 6.45) is -0.182. The molecule has 1 heterocycles. The van der Waals surface area contributed by atoms with Gasteiger partial charge in [0.15, 0.2) is 0 Å². The van der Waals surface area contributed by atoms with Crippen LogP contribution in [0.4, 0.5) is 17.1 Å². The third-order valence-electron chi connectivity index (χ3n) is 4.85. The Balaban J connectivity index is 1.64.